The topological polar surface area (TPSA) is 124 Å². The SMILES string of the molecule is C=C1C[C@@H]2C[C@@H]3C[C@@H](O)C[C@@H](O3)c3coc(n3)/C=C/C[C@H]3O[C@@H](/C(C)=C/C#N)[C@H](C)[C@@H](OC(=O)/C=C\C[C@@H](C1)O2)[C@H]3C. The molecule has 3 fully saturated rings. The minimum atomic E-state index is -0.505. The van der Waals surface area contributed by atoms with Gasteiger partial charge in [-0.05, 0) is 50.7 Å². The maximum absolute atomic E-state index is 13.0. The summed E-state index contributed by atoms with van der Waals surface area (Å²) in [4.78, 5) is 17.6. The number of aromatic nitrogens is 1. The quantitative estimate of drug-likeness (QED) is 0.260. The number of hydrogen-bond acceptors (Lipinski definition) is 9. The first-order valence-electron chi connectivity index (χ1n) is 15.1. The van der Waals surface area contributed by atoms with Crippen LogP contribution in [0.1, 0.15) is 83.4 Å². The Balaban J connectivity index is 1.42. The molecule has 9 heteroatoms. The summed E-state index contributed by atoms with van der Waals surface area (Å²) in [6.07, 6.45) is 12.1. The second kappa shape index (κ2) is 13.5. The van der Waals surface area contributed by atoms with Gasteiger partial charge < -0.3 is 28.5 Å². The number of allylic oxidation sites excluding steroid dienone is 1. The van der Waals surface area contributed by atoms with Gasteiger partial charge in [0.05, 0.1) is 42.7 Å². The summed E-state index contributed by atoms with van der Waals surface area (Å²) >= 11 is 0. The summed E-state index contributed by atoms with van der Waals surface area (Å²) < 4.78 is 31.0. The first-order chi connectivity index (χ1) is 20.2. The number of nitrogens with zero attached hydrogens (tertiary/aromatic N) is 2. The third-order valence-electron chi connectivity index (χ3n) is 8.89. The Labute approximate surface area is 247 Å². The van der Waals surface area contributed by atoms with Crippen LogP contribution in [0.15, 0.2) is 52.7 Å². The Morgan fingerprint density at radius 2 is 1.83 bits per heavy atom. The van der Waals surface area contributed by atoms with E-state index in [1.165, 1.54) is 12.2 Å². The zero-order chi connectivity index (χ0) is 29.8. The largest absolute Gasteiger partial charge is 0.458 e. The van der Waals surface area contributed by atoms with Crippen LogP contribution in [0.3, 0.4) is 0 Å². The standard InChI is InChI=1S/C33H42N2O7/c1-19-13-24-7-5-10-31(37)42-33-21(3)28(41-32(22(33)4)20(2)11-12-34)8-6-9-30-35-27(18-38-30)29-16-23(36)15-26(40-29)17-25(14-19)39-24/h5-6,9-11,18,21-26,28-29,32-33,36H,1,7-8,13-17H2,2-4H3/b9-6+,10-5-,20-11+/t21-,22-,23+,24-,25+,26-,28+,29+,32-,33-/m0/s1. The number of ether oxygens (including phenoxy) is 4. The van der Waals surface area contributed by atoms with E-state index >= 15 is 0 Å². The van der Waals surface area contributed by atoms with Crippen LogP contribution >= 0.6 is 0 Å². The number of fused-ring (bicyclic) bond motifs is 9. The molecule has 5 rings (SSSR count). The molecule has 226 valence electrons. The predicted octanol–water partition coefficient (Wildman–Crippen LogP) is 5.53. The summed E-state index contributed by atoms with van der Waals surface area (Å²) in [7, 11) is 0. The highest BCUT2D eigenvalue weighted by molar-refractivity contribution is 5.82. The molecule has 5 heterocycles. The van der Waals surface area contributed by atoms with Crippen molar-refractivity contribution in [1.29, 1.82) is 5.26 Å². The second-order valence-electron chi connectivity index (χ2n) is 12.3. The first-order valence-corrected chi connectivity index (χ1v) is 15.1. The molecule has 4 aliphatic rings. The monoisotopic (exact) mass is 578 g/mol. The van der Waals surface area contributed by atoms with Crippen molar-refractivity contribution in [3.8, 4) is 6.07 Å². The molecular formula is C33H42N2O7. The van der Waals surface area contributed by atoms with Crippen molar-refractivity contribution >= 4 is 12.0 Å². The lowest BCUT2D eigenvalue weighted by atomic mass is 9.79. The summed E-state index contributed by atoms with van der Waals surface area (Å²) in [5.41, 5.74) is 2.55. The highest BCUT2D eigenvalue weighted by Crippen LogP contribution is 2.38. The molecule has 0 aliphatic carbocycles. The van der Waals surface area contributed by atoms with Crippen LogP contribution in [0, 0.1) is 23.2 Å². The molecular weight excluding hydrogens is 536 g/mol. The molecule has 4 aliphatic heterocycles. The van der Waals surface area contributed by atoms with E-state index in [0.29, 0.717) is 43.7 Å². The predicted molar refractivity (Wildman–Crippen MR) is 155 cm³/mol. The molecule has 0 radical (unpaired) electrons. The van der Waals surface area contributed by atoms with Gasteiger partial charge in [-0.15, -0.1) is 0 Å². The molecule has 3 saturated heterocycles. The average Bonchev–Trinajstić information content (AvgIpc) is 3.40. The molecule has 0 spiro atoms. The number of aliphatic hydroxyl groups is 1. The van der Waals surface area contributed by atoms with E-state index in [2.05, 4.69) is 17.6 Å². The van der Waals surface area contributed by atoms with Crippen molar-refractivity contribution in [2.75, 3.05) is 0 Å². The maximum atomic E-state index is 13.0. The van der Waals surface area contributed by atoms with Crippen molar-refractivity contribution in [3.63, 3.8) is 0 Å². The highest BCUT2D eigenvalue weighted by atomic mass is 16.6. The summed E-state index contributed by atoms with van der Waals surface area (Å²) in [6.45, 7) is 10.1. The fourth-order valence-corrected chi connectivity index (χ4v) is 6.81. The molecule has 1 N–H and O–H groups in total. The van der Waals surface area contributed by atoms with Crippen LogP contribution in [-0.2, 0) is 23.7 Å². The lowest BCUT2D eigenvalue weighted by molar-refractivity contribution is -0.180. The van der Waals surface area contributed by atoms with Crippen LogP contribution in [-0.4, -0.2) is 58.8 Å². The van der Waals surface area contributed by atoms with E-state index in [-0.39, 0.29) is 48.5 Å². The summed E-state index contributed by atoms with van der Waals surface area (Å²) in [5, 5.41) is 19.9. The molecule has 1 aromatic rings. The highest BCUT2D eigenvalue weighted by Gasteiger charge is 2.43. The molecule has 9 nitrogen and oxygen atoms in total. The van der Waals surface area contributed by atoms with Crippen molar-refractivity contribution in [3.05, 3.63) is 59.9 Å². The Kier molecular flexibility index (Phi) is 9.79. The lowest BCUT2D eigenvalue weighted by Gasteiger charge is -2.44. The van der Waals surface area contributed by atoms with Crippen molar-refractivity contribution < 1.29 is 33.3 Å². The van der Waals surface area contributed by atoms with Crippen LogP contribution in [0.5, 0.6) is 0 Å². The smallest absolute Gasteiger partial charge is 0.330 e. The van der Waals surface area contributed by atoms with Crippen LogP contribution in [0.4, 0.5) is 0 Å². The Morgan fingerprint density at radius 3 is 2.64 bits per heavy atom. The minimum absolute atomic E-state index is 0.0834. The lowest BCUT2D eigenvalue weighted by Crippen LogP contribution is -2.50. The van der Waals surface area contributed by atoms with E-state index in [0.717, 1.165) is 24.0 Å². The number of rotatable bonds is 1. The number of nitriles is 1. The van der Waals surface area contributed by atoms with Gasteiger partial charge in [0.1, 0.15) is 24.2 Å². The van der Waals surface area contributed by atoms with Gasteiger partial charge in [-0.25, -0.2) is 9.78 Å². The summed E-state index contributed by atoms with van der Waals surface area (Å²) in [5.74, 6) is -0.204. The average molecular weight is 579 g/mol. The van der Waals surface area contributed by atoms with Crippen molar-refractivity contribution in [1.82, 2.24) is 4.98 Å². The van der Waals surface area contributed by atoms with E-state index in [1.54, 1.807) is 12.3 Å². The Bertz CT molecular complexity index is 1260. The molecule has 10 atom stereocenters. The van der Waals surface area contributed by atoms with E-state index in [1.807, 2.05) is 32.9 Å². The number of carbonyl (C=O) groups excluding carboxylic acids is 1. The molecule has 42 heavy (non-hydrogen) atoms. The zero-order valence-electron chi connectivity index (χ0n) is 24.7. The zero-order valence-corrected chi connectivity index (χ0v) is 24.7. The minimum Gasteiger partial charge on any atom is -0.458 e. The van der Waals surface area contributed by atoms with Crippen LogP contribution in [0.25, 0.3) is 6.08 Å². The molecule has 0 aromatic carbocycles. The number of carbonyl (C=O) groups is 1. The van der Waals surface area contributed by atoms with Crippen molar-refractivity contribution in [2.24, 2.45) is 11.8 Å². The van der Waals surface area contributed by atoms with E-state index in [9.17, 15) is 15.2 Å². The third kappa shape index (κ3) is 7.30. The molecule has 8 bridgehead atoms. The van der Waals surface area contributed by atoms with Gasteiger partial charge in [-0.1, -0.05) is 38.2 Å². The number of esters is 1. The van der Waals surface area contributed by atoms with Gasteiger partial charge in [-0.2, -0.15) is 5.26 Å². The summed E-state index contributed by atoms with van der Waals surface area (Å²) in [6, 6.07) is 2.09. The molecule has 0 amide bonds. The number of aliphatic hydroxyl groups excluding tert-OH is 1. The van der Waals surface area contributed by atoms with Crippen molar-refractivity contribution in [2.45, 2.75) is 115 Å². The Morgan fingerprint density at radius 1 is 1.05 bits per heavy atom. The van der Waals surface area contributed by atoms with Gasteiger partial charge >= 0.3 is 5.97 Å². The third-order valence-corrected chi connectivity index (χ3v) is 8.89. The molecule has 0 unspecified atom stereocenters. The molecule has 1 aromatic heterocycles. The van der Waals surface area contributed by atoms with Crippen LogP contribution < -0.4 is 0 Å². The van der Waals surface area contributed by atoms with Gasteiger partial charge in [0, 0.05) is 36.8 Å². The number of hydrogen-bond donors (Lipinski definition) is 1. The van der Waals surface area contributed by atoms with Gasteiger partial charge in [-0.3, -0.25) is 0 Å². The first kappa shape index (κ1) is 30.4. The van der Waals surface area contributed by atoms with Gasteiger partial charge in [0.15, 0.2) is 0 Å². The van der Waals surface area contributed by atoms with E-state index < -0.39 is 18.2 Å². The Hall–Kier alpha value is -3.03. The fourth-order valence-electron chi connectivity index (χ4n) is 6.81. The van der Waals surface area contributed by atoms with E-state index in [4.69, 9.17) is 23.4 Å². The second-order valence-corrected chi connectivity index (χ2v) is 12.3. The molecule has 0 saturated carbocycles. The van der Waals surface area contributed by atoms with Gasteiger partial charge in [0.2, 0.25) is 5.89 Å². The normalized spacial score (nSPS) is 39.7. The van der Waals surface area contributed by atoms with Crippen LogP contribution in [0.2, 0.25) is 0 Å². The van der Waals surface area contributed by atoms with Gasteiger partial charge in [0.25, 0.3) is 0 Å². The number of oxazole rings is 1. The maximum Gasteiger partial charge on any atom is 0.330 e. The fraction of sp³-hybridized carbons (Fsp3) is 0.606.